The fourth-order valence-corrected chi connectivity index (χ4v) is 2.47. The lowest BCUT2D eigenvalue weighted by Crippen LogP contribution is -2.35. The van der Waals surface area contributed by atoms with Crippen LogP contribution in [-0.2, 0) is 7.05 Å². The molecule has 0 unspecified atom stereocenters. The normalized spacial score (nSPS) is 11.0. The van der Waals surface area contributed by atoms with Crippen molar-refractivity contribution in [3.8, 4) is 17.1 Å². The Morgan fingerprint density at radius 2 is 2.10 bits per heavy atom. The van der Waals surface area contributed by atoms with Crippen molar-refractivity contribution in [1.29, 1.82) is 0 Å². The van der Waals surface area contributed by atoms with E-state index in [0.717, 1.165) is 11.3 Å². The molecule has 0 atom stereocenters. The minimum atomic E-state index is -0.173. The third-order valence-electron chi connectivity index (χ3n) is 3.36. The van der Waals surface area contributed by atoms with Gasteiger partial charge in [-0.3, -0.25) is 4.79 Å². The first-order valence-corrected chi connectivity index (χ1v) is 6.82. The van der Waals surface area contributed by atoms with Crippen molar-refractivity contribution in [3.05, 3.63) is 40.3 Å². The Morgan fingerprint density at radius 3 is 2.86 bits per heavy atom. The molecule has 108 valence electrons. The minimum absolute atomic E-state index is 0.173. The highest BCUT2D eigenvalue weighted by molar-refractivity contribution is 5.76. The molecule has 3 aromatic rings. The second-order valence-corrected chi connectivity index (χ2v) is 4.84. The summed E-state index contributed by atoms with van der Waals surface area (Å²) in [5.74, 6) is 1.22. The minimum Gasteiger partial charge on any atom is -0.493 e. The van der Waals surface area contributed by atoms with Gasteiger partial charge in [-0.2, -0.15) is 5.10 Å². The third kappa shape index (κ3) is 2.18. The maximum Gasteiger partial charge on any atom is 0.326 e. The van der Waals surface area contributed by atoms with Crippen molar-refractivity contribution in [2.45, 2.75) is 13.8 Å². The smallest absolute Gasteiger partial charge is 0.326 e. The van der Waals surface area contributed by atoms with Gasteiger partial charge in [0.25, 0.3) is 0 Å². The summed E-state index contributed by atoms with van der Waals surface area (Å²) < 4.78 is 7.28. The van der Waals surface area contributed by atoms with Crippen LogP contribution in [0.2, 0.25) is 0 Å². The number of hydrogen-bond acceptors (Lipinski definition) is 3. The number of hydrogen-bond donors (Lipinski definition) is 2. The van der Waals surface area contributed by atoms with Crippen LogP contribution in [0.3, 0.4) is 0 Å². The number of fused-ring (bicyclic) bond motifs is 1. The molecule has 0 saturated carbocycles. The average Bonchev–Trinajstić information content (AvgIpc) is 2.75. The third-order valence-corrected chi connectivity index (χ3v) is 3.36. The molecule has 2 N–H and O–H groups in total. The molecule has 0 spiro atoms. The summed E-state index contributed by atoms with van der Waals surface area (Å²) in [6.45, 7) is 4.38. The zero-order chi connectivity index (χ0) is 15.0. The topological polar surface area (TPSA) is 74.7 Å². The van der Waals surface area contributed by atoms with E-state index in [9.17, 15) is 4.79 Å². The van der Waals surface area contributed by atoms with Crippen molar-refractivity contribution in [2.75, 3.05) is 6.61 Å². The van der Waals surface area contributed by atoms with Gasteiger partial charge in [0.05, 0.1) is 12.2 Å². The molecular formula is C15H17N4O2+. The van der Waals surface area contributed by atoms with Crippen molar-refractivity contribution in [1.82, 2.24) is 15.1 Å². The molecule has 21 heavy (non-hydrogen) atoms. The number of aromatic amines is 2. The summed E-state index contributed by atoms with van der Waals surface area (Å²) in [6.07, 6.45) is 0. The second-order valence-electron chi connectivity index (χ2n) is 4.84. The highest BCUT2D eigenvalue weighted by Gasteiger charge is 2.20. The molecule has 3 rings (SSSR count). The average molecular weight is 285 g/mol. The zero-order valence-corrected chi connectivity index (χ0v) is 12.2. The molecule has 0 fully saturated rings. The Balaban J connectivity index is 2.27. The molecule has 6 heteroatoms. The molecule has 0 radical (unpaired) electrons. The van der Waals surface area contributed by atoms with Crippen LogP contribution in [0, 0.1) is 6.92 Å². The highest BCUT2D eigenvalue weighted by atomic mass is 16.5. The number of aryl methyl sites for hydroxylation is 2. The Labute approximate surface area is 121 Å². The predicted molar refractivity (Wildman–Crippen MR) is 79.2 cm³/mol. The number of H-pyrrole nitrogens is 2. The molecule has 6 nitrogen and oxygen atoms in total. The van der Waals surface area contributed by atoms with Crippen molar-refractivity contribution in [3.63, 3.8) is 0 Å². The van der Waals surface area contributed by atoms with Gasteiger partial charge >= 0.3 is 11.1 Å². The van der Waals surface area contributed by atoms with Crippen LogP contribution in [0.25, 0.3) is 22.4 Å². The first-order chi connectivity index (χ1) is 10.1. The maximum atomic E-state index is 12.3. The summed E-state index contributed by atoms with van der Waals surface area (Å²) in [5, 5.41) is 3.08. The number of benzene rings is 1. The molecule has 0 amide bonds. The van der Waals surface area contributed by atoms with E-state index in [1.165, 1.54) is 0 Å². The molecule has 1 aromatic carbocycles. The molecule has 0 aliphatic heterocycles. The van der Waals surface area contributed by atoms with Gasteiger partial charge in [0.15, 0.2) is 12.6 Å². The first-order valence-electron chi connectivity index (χ1n) is 6.82. The lowest BCUT2D eigenvalue weighted by Gasteiger charge is -2.08. The fraction of sp³-hybridized carbons (Fsp3) is 0.267. The van der Waals surface area contributed by atoms with Crippen LogP contribution in [-0.4, -0.2) is 21.7 Å². The molecule has 0 saturated heterocycles. The molecule has 2 aromatic heterocycles. The van der Waals surface area contributed by atoms with Gasteiger partial charge in [-0.25, -0.2) is 4.98 Å². The van der Waals surface area contributed by atoms with Gasteiger partial charge in [0.2, 0.25) is 0 Å². The van der Waals surface area contributed by atoms with Crippen LogP contribution in [0.4, 0.5) is 0 Å². The van der Waals surface area contributed by atoms with E-state index in [1.54, 1.807) is 11.7 Å². The fourth-order valence-electron chi connectivity index (χ4n) is 2.47. The van der Waals surface area contributed by atoms with E-state index in [0.29, 0.717) is 29.2 Å². The van der Waals surface area contributed by atoms with Crippen LogP contribution < -0.4 is 15.0 Å². The van der Waals surface area contributed by atoms with Crippen LogP contribution in [0.5, 0.6) is 5.75 Å². The molecule has 2 heterocycles. The van der Waals surface area contributed by atoms with Crippen LogP contribution in [0.1, 0.15) is 12.6 Å². The standard InChI is InChI=1S/C15H16N4O2/c1-4-21-11-8-6-5-7-10(11)14-16-12-9(2)18-19(3)13(12)15(20)17-14/h5-8H,4H2,1-3H3,(H,16,17,20)/p+1. The van der Waals surface area contributed by atoms with Gasteiger partial charge in [0.1, 0.15) is 17.3 Å². The van der Waals surface area contributed by atoms with Crippen LogP contribution in [0.15, 0.2) is 29.1 Å². The summed E-state index contributed by atoms with van der Waals surface area (Å²) in [7, 11) is 1.79. The molecule has 0 aliphatic carbocycles. The van der Waals surface area contributed by atoms with E-state index in [-0.39, 0.29) is 5.56 Å². The SMILES string of the molecule is CCOc1ccccc1-c1nc2c(C)[nH][n+](C)c2c(=O)[nH]1. The highest BCUT2D eigenvalue weighted by Crippen LogP contribution is 2.27. The lowest BCUT2D eigenvalue weighted by molar-refractivity contribution is -0.703. The zero-order valence-electron chi connectivity index (χ0n) is 12.2. The van der Waals surface area contributed by atoms with Crippen molar-refractivity contribution in [2.24, 2.45) is 7.05 Å². The van der Waals surface area contributed by atoms with Gasteiger partial charge < -0.3 is 9.72 Å². The number of nitrogens with zero attached hydrogens (tertiary/aromatic N) is 2. The predicted octanol–water partition coefficient (Wildman–Crippen LogP) is 1.45. The summed E-state index contributed by atoms with van der Waals surface area (Å²) in [6, 6.07) is 7.54. The Bertz CT molecular complexity index is 864. The van der Waals surface area contributed by atoms with Crippen molar-refractivity contribution < 1.29 is 9.42 Å². The second kappa shape index (κ2) is 5.05. The van der Waals surface area contributed by atoms with Crippen molar-refractivity contribution >= 4 is 11.0 Å². The number of para-hydroxylation sites is 1. The first kappa shape index (κ1) is 13.4. The number of nitrogens with one attached hydrogen (secondary N) is 2. The molecule has 0 bridgehead atoms. The summed E-state index contributed by atoms with van der Waals surface area (Å²) in [5.41, 5.74) is 2.66. The Morgan fingerprint density at radius 1 is 1.33 bits per heavy atom. The quantitative estimate of drug-likeness (QED) is 0.715. The monoisotopic (exact) mass is 285 g/mol. The van der Waals surface area contributed by atoms with E-state index in [4.69, 9.17) is 4.74 Å². The van der Waals surface area contributed by atoms with E-state index < -0.39 is 0 Å². The van der Waals surface area contributed by atoms with Gasteiger partial charge in [-0.15, -0.1) is 4.68 Å². The van der Waals surface area contributed by atoms with E-state index >= 15 is 0 Å². The van der Waals surface area contributed by atoms with Gasteiger partial charge in [-0.1, -0.05) is 12.1 Å². The van der Waals surface area contributed by atoms with E-state index in [2.05, 4.69) is 15.1 Å². The Kier molecular flexibility index (Phi) is 3.21. The largest absolute Gasteiger partial charge is 0.493 e. The Hall–Kier alpha value is -2.63. The molecular weight excluding hydrogens is 268 g/mol. The number of rotatable bonds is 3. The lowest BCUT2D eigenvalue weighted by atomic mass is 10.2. The van der Waals surface area contributed by atoms with E-state index in [1.807, 2.05) is 38.1 Å². The van der Waals surface area contributed by atoms with Crippen LogP contribution >= 0.6 is 0 Å². The number of aromatic nitrogens is 4. The molecule has 0 aliphatic rings. The van der Waals surface area contributed by atoms with Gasteiger partial charge in [-0.05, 0) is 26.0 Å². The number of ether oxygens (including phenoxy) is 1. The van der Waals surface area contributed by atoms with Gasteiger partial charge in [0, 0.05) is 0 Å². The summed E-state index contributed by atoms with van der Waals surface area (Å²) >= 11 is 0. The summed E-state index contributed by atoms with van der Waals surface area (Å²) in [4.78, 5) is 19.7. The maximum absolute atomic E-state index is 12.3.